The summed E-state index contributed by atoms with van der Waals surface area (Å²) in [5, 5.41) is 3.60. The summed E-state index contributed by atoms with van der Waals surface area (Å²) < 4.78 is 0. The minimum atomic E-state index is 0.590. The van der Waals surface area contributed by atoms with Crippen LogP contribution in [0.1, 0.15) is 68.1 Å². The zero-order valence-corrected chi connectivity index (χ0v) is 12.0. The molecule has 0 spiro atoms. The number of hydrogen-bond donors (Lipinski definition) is 1. The van der Waals surface area contributed by atoms with Crippen LogP contribution in [-0.4, -0.2) is 22.6 Å². The van der Waals surface area contributed by atoms with Gasteiger partial charge in [0.2, 0.25) is 0 Å². The standard InChI is InChI=1S/C16H25N3/c1-12-10-15(13-6-2-3-7-13)19-16(18-12)11-14-8-4-5-9-17-14/h10,13-14,17H,2-9,11H2,1H3. The van der Waals surface area contributed by atoms with E-state index in [0.29, 0.717) is 12.0 Å². The smallest absolute Gasteiger partial charge is 0.130 e. The predicted molar refractivity (Wildman–Crippen MR) is 77.3 cm³/mol. The van der Waals surface area contributed by atoms with Crippen LogP contribution < -0.4 is 5.32 Å². The molecule has 1 unspecified atom stereocenters. The van der Waals surface area contributed by atoms with Gasteiger partial charge in [-0.3, -0.25) is 0 Å². The number of aromatic nitrogens is 2. The minimum absolute atomic E-state index is 0.590. The number of aryl methyl sites for hydroxylation is 1. The molecule has 104 valence electrons. The van der Waals surface area contributed by atoms with Gasteiger partial charge in [0.25, 0.3) is 0 Å². The first-order valence-electron chi connectivity index (χ1n) is 7.89. The van der Waals surface area contributed by atoms with E-state index in [0.717, 1.165) is 24.5 Å². The molecule has 1 atom stereocenters. The maximum Gasteiger partial charge on any atom is 0.130 e. The van der Waals surface area contributed by atoms with Crippen molar-refractivity contribution >= 4 is 0 Å². The van der Waals surface area contributed by atoms with Crippen LogP contribution >= 0.6 is 0 Å². The van der Waals surface area contributed by atoms with Gasteiger partial charge in [-0.25, -0.2) is 9.97 Å². The molecule has 1 aliphatic heterocycles. The van der Waals surface area contributed by atoms with E-state index in [4.69, 9.17) is 4.98 Å². The van der Waals surface area contributed by atoms with Crippen molar-refractivity contribution in [2.24, 2.45) is 0 Å². The van der Waals surface area contributed by atoms with E-state index in [-0.39, 0.29) is 0 Å². The third kappa shape index (κ3) is 3.33. The molecule has 0 radical (unpaired) electrons. The van der Waals surface area contributed by atoms with Crippen LogP contribution in [0, 0.1) is 6.92 Å². The first kappa shape index (κ1) is 13.0. The topological polar surface area (TPSA) is 37.8 Å². The van der Waals surface area contributed by atoms with Crippen LogP contribution in [0.3, 0.4) is 0 Å². The Morgan fingerprint density at radius 1 is 1.11 bits per heavy atom. The predicted octanol–water partition coefficient (Wildman–Crippen LogP) is 3.13. The molecule has 3 heteroatoms. The van der Waals surface area contributed by atoms with Crippen molar-refractivity contribution in [2.75, 3.05) is 6.54 Å². The number of rotatable bonds is 3. The second-order valence-corrected chi connectivity index (χ2v) is 6.18. The lowest BCUT2D eigenvalue weighted by Crippen LogP contribution is -2.36. The SMILES string of the molecule is Cc1cc(C2CCCC2)nc(CC2CCCCN2)n1. The van der Waals surface area contributed by atoms with Gasteiger partial charge in [-0.1, -0.05) is 19.3 Å². The summed E-state index contributed by atoms with van der Waals surface area (Å²) in [6.45, 7) is 3.27. The Balaban J connectivity index is 1.73. The molecular weight excluding hydrogens is 234 g/mol. The van der Waals surface area contributed by atoms with Crippen molar-refractivity contribution in [1.29, 1.82) is 0 Å². The third-order valence-corrected chi connectivity index (χ3v) is 4.54. The molecule has 1 N–H and O–H groups in total. The van der Waals surface area contributed by atoms with Crippen molar-refractivity contribution in [1.82, 2.24) is 15.3 Å². The van der Waals surface area contributed by atoms with Gasteiger partial charge in [0, 0.05) is 29.8 Å². The van der Waals surface area contributed by atoms with Crippen LogP contribution in [0.4, 0.5) is 0 Å². The Hall–Kier alpha value is -0.960. The molecule has 0 bridgehead atoms. The van der Waals surface area contributed by atoms with Gasteiger partial charge in [0.15, 0.2) is 0 Å². The molecule has 1 saturated carbocycles. The Morgan fingerprint density at radius 3 is 2.63 bits per heavy atom. The molecule has 2 fully saturated rings. The highest BCUT2D eigenvalue weighted by atomic mass is 15.0. The molecule has 1 aromatic heterocycles. The molecule has 1 aromatic rings. The minimum Gasteiger partial charge on any atom is -0.314 e. The van der Waals surface area contributed by atoms with E-state index in [2.05, 4.69) is 23.3 Å². The van der Waals surface area contributed by atoms with Gasteiger partial charge in [-0.15, -0.1) is 0 Å². The van der Waals surface area contributed by atoms with Crippen LogP contribution in [0.25, 0.3) is 0 Å². The summed E-state index contributed by atoms with van der Waals surface area (Å²) in [5.41, 5.74) is 2.44. The lowest BCUT2D eigenvalue weighted by Gasteiger charge is -2.23. The molecule has 1 saturated heterocycles. The Morgan fingerprint density at radius 2 is 1.89 bits per heavy atom. The molecular formula is C16H25N3. The van der Waals surface area contributed by atoms with Gasteiger partial charge in [-0.2, -0.15) is 0 Å². The van der Waals surface area contributed by atoms with Crippen molar-refractivity contribution in [3.8, 4) is 0 Å². The molecule has 2 aliphatic rings. The molecule has 19 heavy (non-hydrogen) atoms. The van der Waals surface area contributed by atoms with Crippen LogP contribution in [0.5, 0.6) is 0 Å². The maximum absolute atomic E-state index is 4.86. The summed E-state index contributed by atoms with van der Waals surface area (Å²) in [7, 11) is 0. The molecule has 3 rings (SSSR count). The van der Waals surface area contributed by atoms with E-state index in [1.165, 1.54) is 50.6 Å². The second kappa shape index (κ2) is 6.00. The van der Waals surface area contributed by atoms with Crippen LogP contribution in [0.15, 0.2) is 6.07 Å². The third-order valence-electron chi connectivity index (χ3n) is 4.54. The second-order valence-electron chi connectivity index (χ2n) is 6.18. The van der Waals surface area contributed by atoms with Crippen LogP contribution in [0.2, 0.25) is 0 Å². The summed E-state index contributed by atoms with van der Waals surface area (Å²) in [5.74, 6) is 1.75. The highest BCUT2D eigenvalue weighted by Crippen LogP contribution is 2.33. The number of nitrogens with one attached hydrogen (secondary N) is 1. The van der Waals surface area contributed by atoms with Gasteiger partial charge in [0.05, 0.1) is 0 Å². The van der Waals surface area contributed by atoms with E-state index >= 15 is 0 Å². The average molecular weight is 259 g/mol. The Bertz CT molecular complexity index is 418. The fourth-order valence-electron chi connectivity index (χ4n) is 3.50. The zero-order valence-electron chi connectivity index (χ0n) is 12.0. The normalized spacial score (nSPS) is 24.8. The van der Waals surface area contributed by atoms with Gasteiger partial charge < -0.3 is 5.32 Å². The number of piperidine rings is 1. The lowest BCUT2D eigenvalue weighted by atomic mass is 10.0. The summed E-state index contributed by atoms with van der Waals surface area (Å²) in [4.78, 5) is 9.51. The number of nitrogens with zero attached hydrogens (tertiary/aromatic N) is 2. The molecule has 1 aliphatic carbocycles. The van der Waals surface area contributed by atoms with Crippen LogP contribution in [-0.2, 0) is 6.42 Å². The molecule has 3 nitrogen and oxygen atoms in total. The highest BCUT2D eigenvalue weighted by molar-refractivity contribution is 5.16. The Kier molecular flexibility index (Phi) is 4.12. The first-order valence-corrected chi connectivity index (χ1v) is 7.89. The van der Waals surface area contributed by atoms with E-state index in [9.17, 15) is 0 Å². The van der Waals surface area contributed by atoms with Crippen molar-refractivity contribution < 1.29 is 0 Å². The van der Waals surface area contributed by atoms with Crippen molar-refractivity contribution in [3.63, 3.8) is 0 Å². The molecule has 2 heterocycles. The van der Waals surface area contributed by atoms with Gasteiger partial charge in [0.1, 0.15) is 5.82 Å². The zero-order chi connectivity index (χ0) is 13.1. The largest absolute Gasteiger partial charge is 0.314 e. The van der Waals surface area contributed by atoms with Gasteiger partial charge >= 0.3 is 0 Å². The Labute approximate surface area is 116 Å². The highest BCUT2D eigenvalue weighted by Gasteiger charge is 2.20. The van der Waals surface area contributed by atoms with E-state index < -0.39 is 0 Å². The molecule has 0 aromatic carbocycles. The fourth-order valence-corrected chi connectivity index (χ4v) is 3.50. The monoisotopic (exact) mass is 259 g/mol. The average Bonchev–Trinajstić information content (AvgIpc) is 2.93. The summed E-state index contributed by atoms with van der Waals surface area (Å²) >= 11 is 0. The van der Waals surface area contributed by atoms with Gasteiger partial charge in [-0.05, 0) is 45.2 Å². The summed E-state index contributed by atoms with van der Waals surface area (Å²) in [6, 6.07) is 2.79. The maximum atomic E-state index is 4.86. The van der Waals surface area contributed by atoms with Crippen molar-refractivity contribution in [2.45, 2.75) is 70.3 Å². The van der Waals surface area contributed by atoms with E-state index in [1.807, 2.05) is 0 Å². The quantitative estimate of drug-likeness (QED) is 0.906. The first-order chi connectivity index (χ1) is 9.31. The lowest BCUT2D eigenvalue weighted by molar-refractivity contribution is 0.393. The fraction of sp³-hybridized carbons (Fsp3) is 0.750. The van der Waals surface area contributed by atoms with E-state index in [1.54, 1.807) is 0 Å². The number of hydrogen-bond acceptors (Lipinski definition) is 3. The summed E-state index contributed by atoms with van der Waals surface area (Å²) in [6.07, 6.45) is 10.3. The van der Waals surface area contributed by atoms with Crippen molar-refractivity contribution in [3.05, 3.63) is 23.3 Å². The molecule has 0 amide bonds.